The van der Waals surface area contributed by atoms with Crippen LogP contribution in [-0.4, -0.2) is 50.3 Å². The summed E-state index contributed by atoms with van der Waals surface area (Å²) in [5.41, 5.74) is 0. The number of nitrogens with one attached hydrogen (secondary N) is 2. The first-order valence-corrected chi connectivity index (χ1v) is 11.6. The molecule has 1 fully saturated rings. The average Bonchev–Trinajstić information content (AvgIpc) is 2.85. The second-order valence-corrected chi connectivity index (χ2v) is 8.34. The van der Waals surface area contributed by atoms with Gasteiger partial charge >= 0.3 is 0 Å². The van der Waals surface area contributed by atoms with Crippen molar-refractivity contribution in [2.24, 2.45) is 0 Å². The Bertz CT molecular complexity index is 888. The van der Waals surface area contributed by atoms with Crippen LogP contribution in [-0.2, 0) is 9.59 Å². The van der Waals surface area contributed by atoms with Gasteiger partial charge in [0, 0.05) is 12.1 Å². The number of hydrogen-bond donors (Lipinski definition) is 2. The largest absolute Gasteiger partial charge is 0.493 e. The molecule has 3 rings (SSSR count). The van der Waals surface area contributed by atoms with Crippen LogP contribution >= 0.6 is 0 Å². The van der Waals surface area contributed by atoms with Gasteiger partial charge in [-0.1, -0.05) is 37.1 Å². The lowest BCUT2D eigenvalue weighted by molar-refractivity contribution is -0.131. The maximum Gasteiger partial charge on any atom is 0.261 e. The van der Waals surface area contributed by atoms with Crippen LogP contribution in [0.4, 0.5) is 0 Å². The highest BCUT2D eigenvalue weighted by Gasteiger charge is 2.31. The van der Waals surface area contributed by atoms with Crippen LogP contribution in [0.5, 0.6) is 23.0 Å². The van der Waals surface area contributed by atoms with E-state index in [2.05, 4.69) is 10.6 Å². The maximum atomic E-state index is 12.9. The number of amides is 2. The molecule has 1 saturated carbocycles. The zero-order valence-corrected chi connectivity index (χ0v) is 20.2. The minimum absolute atomic E-state index is 0.188. The fourth-order valence-electron chi connectivity index (χ4n) is 4.00. The summed E-state index contributed by atoms with van der Waals surface area (Å²) in [5, 5.41) is 6.12. The summed E-state index contributed by atoms with van der Waals surface area (Å²) in [6, 6.07) is 14.0. The number of carbonyl (C=O) groups is 2. The summed E-state index contributed by atoms with van der Waals surface area (Å²) in [7, 11) is 3.11. The SMILES string of the molecule is COc1ccccc1OC(C)C(=O)NC1CCCCC1NC(=O)C(C)Oc1ccccc1OC. The molecular weight excluding hydrogens is 436 g/mol. The molecule has 1 aliphatic rings. The molecule has 2 amide bonds. The molecule has 4 atom stereocenters. The van der Waals surface area contributed by atoms with Gasteiger partial charge in [0.05, 0.1) is 14.2 Å². The lowest BCUT2D eigenvalue weighted by Gasteiger charge is -2.34. The van der Waals surface area contributed by atoms with Crippen LogP contribution < -0.4 is 29.6 Å². The molecule has 1 aliphatic carbocycles. The number of rotatable bonds is 10. The van der Waals surface area contributed by atoms with E-state index in [9.17, 15) is 9.59 Å². The summed E-state index contributed by atoms with van der Waals surface area (Å²) in [6.07, 6.45) is 2.07. The third-order valence-electron chi connectivity index (χ3n) is 5.91. The molecule has 8 heteroatoms. The predicted molar refractivity (Wildman–Crippen MR) is 128 cm³/mol. The lowest BCUT2D eigenvalue weighted by atomic mass is 9.90. The first kappa shape index (κ1) is 25.2. The molecule has 8 nitrogen and oxygen atoms in total. The lowest BCUT2D eigenvalue weighted by Crippen LogP contribution is -2.56. The van der Waals surface area contributed by atoms with Gasteiger partial charge in [-0.25, -0.2) is 0 Å². The van der Waals surface area contributed by atoms with Crippen molar-refractivity contribution in [2.75, 3.05) is 14.2 Å². The van der Waals surface area contributed by atoms with Gasteiger partial charge in [-0.15, -0.1) is 0 Å². The van der Waals surface area contributed by atoms with Crippen molar-refractivity contribution in [1.82, 2.24) is 10.6 Å². The number of methoxy groups -OCH3 is 2. The van der Waals surface area contributed by atoms with Gasteiger partial charge < -0.3 is 29.6 Å². The minimum atomic E-state index is -0.720. The second kappa shape index (κ2) is 12.2. The third-order valence-corrected chi connectivity index (χ3v) is 5.91. The Morgan fingerprint density at radius 1 is 0.706 bits per heavy atom. The molecule has 34 heavy (non-hydrogen) atoms. The summed E-state index contributed by atoms with van der Waals surface area (Å²) in [6.45, 7) is 3.39. The van der Waals surface area contributed by atoms with Crippen LogP contribution in [0.3, 0.4) is 0 Å². The Morgan fingerprint density at radius 2 is 1.06 bits per heavy atom. The van der Waals surface area contributed by atoms with Crippen LogP contribution in [0, 0.1) is 0 Å². The summed E-state index contributed by atoms with van der Waals surface area (Å²) in [5.74, 6) is 1.65. The molecular formula is C26H34N2O6. The van der Waals surface area contributed by atoms with Crippen molar-refractivity contribution in [3.63, 3.8) is 0 Å². The predicted octanol–water partition coefficient (Wildman–Crippen LogP) is 3.48. The van der Waals surface area contributed by atoms with E-state index in [1.807, 2.05) is 24.3 Å². The molecule has 4 unspecified atom stereocenters. The summed E-state index contributed by atoms with van der Waals surface area (Å²) >= 11 is 0. The van der Waals surface area contributed by atoms with E-state index >= 15 is 0 Å². The summed E-state index contributed by atoms with van der Waals surface area (Å²) < 4.78 is 22.2. The van der Waals surface area contributed by atoms with E-state index in [0.29, 0.717) is 23.0 Å². The molecule has 2 aromatic rings. The number of benzene rings is 2. The first-order valence-electron chi connectivity index (χ1n) is 11.6. The number of carbonyl (C=O) groups excluding carboxylic acids is 2. The van der Waals surface area contributed by atoms with E-state index in [1.54, 1.807) is 52.3 Å². The standard InChI is InChI=1S/C26H34N2O6/c1-17(33-23-15-9-7-13-21(23)31-3)25(29)27-19-11-5-6-12-20(19)28-26(30)18(2)34-24-16-10-8-14-22(24)32-4/h7-10,13-20H,5-6,11-12H2,1-4H3,(H,27,29)(H,28,30). The van der Waals surface area contributed by atoms with Gasteiger partial charge in [0.2, 0.25) is 0 Å². The topological polar surface area (TPSA) is 95.1 Å². The summed E-state index contributed by atoms with van der Waals surface area (Å²) in [4.78, 5) is 25.7. The van der Waals surface area contributed by atoms with Crippen LogP contribution in [0.1, 0.15) is 39.5 Å². The number of hydrogen-bond acceptors (Lipinski definition) is 6. The van der Waals surface area contributed by atoms with Crippen LogP contribution in [0.15, 0.2) is 48.5 Å². The van der Waals surface area contributed by atoms with Crippen molar-refractivity contribution >= 4 is 11.8 Å². The fraction of sp³-hybridized carbons (Fsp3) is 0.462. The Balaban J connectivity index is 1.58. The number of para-hydroxylation sites is 4. The third kappa shape index (κ3) is 6.56. The molecule has 2 aromatic carbocycles. The zero-order valence-electron chi connectivity index (χ0n) is 20.2. The quantitative estimate of drug-likeness (QED) is 0.552. The smallest absolute Gasteiger partial charge is 0.261 e. The molecule has 0 heterocycles. The Morgan fingerprint density at radius 3 is 1.41 bits per heavy atom. The van der Waals surface area contributed by atoms with E-state index in [0.717, 1.165) is 25.7 Å². The van der Waals surface area contributed by atoms with Crippen LogP contribution in [0.2, 0.25) is 0 Å². The van der Waals surface area contributed by atoms with Crippen molar-refractivity contribution < 1.29 is 28.5 Å². The molecule has 0 bridgehead atoms. The fourth-order valence-corrected chi connectivity index (χ4v) is 4.00. The van der Waals surface area contributed by atoms with E-state index < -0.39 is 12.2 Å². The normalized spacial score (nSPS) is 19.3. The van der Waals surface area contributed by atoms with E-state index in [1.165, 1.54) is 0 Å². The molecule has 0 aromatic heterocycles. The molecule has 0 saturated heterocycles. The van der Waals surface area contributed by atoms with Gasteiger partial charge in [0.1, 0.15) is 0 Å². The van der Waals surface area contributed by atoms with E-state index in [4.69, 9.17) is 18.9 Å². The highest BCUT2D eigenvalue weighted by Crippen LogP contribution is 2.28. The Kier molecular flexibility index (Phi) is 9.01. The zero-order chi connectivity index (χ0) is 24.5. The molecule has 0 spiro atoms. The van der Waals surface area contributed by atoms with Crippen molar-refractivity contribution in [3.8, 4) is 23.0 Å². The van der Waals surface area contributed by atoms with Gasteiger partial charge in [-0.05, 0) is 51.0 Å². The monoisotopic (exact) mass is 470 g/mol. The average molecular weight is 471 g/mol. The maximum absolute atomic E-state index is 12.9. The van der Waals surface area contributed by atoms with Crippen molar-refractivity contribution in [1.29, 1.82) is 0 Å². The molecule has 0 radical (unpaired) electrons. The Hall–Kier alpha value is -3.42. The first-order chi connectivity index (χ1) is 16.4. The Labute approximate surface area is 200 Å². The van der Waals surface area contributed by atoms with E-state index in [-0.39, 0.29) is 23.9 Å². The molecule has 184 valence electrons. The highest BCUT2D eigenvalue weighted by molar-refractivity contribution is 5.82. The number of ether oxygens (including phenoxy) is 4. The van der Waals surface area contributed by atoms with Crippen molar-refractivity contribution in [2.45, 2.75) is 63.8 Å². The highest BCUT2D eigenvalue weighted by atomic mass is 16.5. The second-order valence-electron chi connectivity index (χ2n) is 8.34. The van der Waals surface area contributed by atoms with Crippen LogP contribution in [0.25, 0.3) is 0 Å². The van der Waals surface area contributed by atoms with Gasteiger partial charge in [0.25, 0.3) is 11.8 Å². The van der Waals surface area contributed by atoms with Crippen molar-refractivity contribution in [3.05, 3.63) is 48.5 Å². The van der Waals surface area contributed by atoms with Gasteiger partial charge in [-0.3, -0.25) is 9.59 Å². The molecule has 2 N–H and O–H groups in total. The van der Waals surface area contributed by atoms with Gasteiger partial charge in [0.15, 0.2) is 35.2 Å². The molecule has 0 aliphatic heterocycles. The minimum Gasteiger partial charge on any atom is -0.493 e. The van der Waals surface area contributed by atoms with Gasteiger partial charge in [-0.2, -0.15) is 0 Å².